The molecule has 1 N–H and O–H groups in total. The molecule has 40 heavy (non-hydrogen) atoms. The van der Waals surface area contributed by atoms with Crippen molar-refractivity contribution in [1.82, 2.24) is 0 Å². The molecule has 0 unspecified atom stereocenters. The summed E-state index contributed by atoms with van der Waals surface area (Å²) in [7, 11) is 3.06. The molecule has 0 radical (unpaired) electrons. The molecule has 0 fully saturated rings. The third kappa shape index (κ3) is 9.38. The molecule has 7 atom stereocenters. The lowest BCUT2D eigenvalue weighted by molar-refractivity contribution is -0.155. The van der Waals surface area contributed by atoms with Gasteiger partial charge in [-0.25, -0.2) is 4.79 Å². The summed E-state index contributed by atoms with van der Waals surface area (Å²) in [6.07, 6.45) is 15.7. The van der Waals surface area contributed by atoms with Gasteiger partial charge in [-0.1, -0.05) is 75.3 Å². The van der Waals surface area contributed by atoms with Crippen LogP contribution in [0.2, 0.25) is 0 Å². The fourth-order valence-electron chi connectivity index (χ4n) is 5.29. The van der Waals surface area contributed by atoms with Crippen LogP contribution in [0.15, 0.2) is 82.4 Å². The van der Waals surface area contributed by atoms with E-state index in [9.17, 15) is 9.90 Å². The van der Waals surface area contributed by atoms with Gasteiger partial charge in [0, 0.05) is 18.9 Å². The van der Waals surface area contributed by atoms with E-state index in [4.69, 9.17) is 18.9 Å². The lowest BCUT2D eigenvalue weighted by Gasteiger charge is -2.29. The van der Waals surface area contributed by atoms with Crippen molar-refractivity contribution in [3.63, 3.8) is 0 Å². The molecule has 0 amide bonds. The van der Waals surface area contributed by atoms with Crippen LogP contribution in [0.25, 0.3) is 0 Å². The van der Waals surface area contributed by atoms with Gasteiger partial charge in [-0.15, -0.1) is 0 Å². The van der Waals surface area contributed by atoms with Crippen molar-refractivity contribution in [3.8, 4) is 0 Å². The Kier molecular flexibility index (Phi) is 13.2. The number of carbonyl (C=O) groups is 1. The second-order valence-corrected chi connectivity index (χ2v) is 11.3. The average molecular weight is 555 g/mol. The van der Waals surface area contributed by atoms with Gasteiger partial charge in [0.2, 0.25) is 5.76 Å². The first-order valence-electron chi connectivity index (χ1n) is 14.4. The highest BCUT2D eigenvalue weighted by molar-refractivity contribution is 5.87. The van der Waals surface area contributed by atoms with Crippen LogP contribution in [0.1, 0.15) is 68.2 Å². The number of allylic oxidation sites excluding steroid dienone is 8. The Hall–Kier alpha value is -2.83. The van der Waals surface area contributed by atoms with Crippen molar-refractivity contribution in [2.24, 2.45) is 17.8 Å². The predicted molar refractivity (Wildman–Crippen MR) is 161 cm³/mol. The van der Waals surface area contributed by atoms with Crippen molar-refractivity contribution >= 4 is 5.97 Å². The van der Waals surface area contributed by atoms with Crippen LogP contribution >= 0.6 is 0 Å². The van der Waals surface area contributed by atoms with E-state index in [1.807, 2.05) is 58.1 Å². The third-order valence-corrected chi connectivity index (χ3v) is 7.66. The predicted octanol–water partition coefficient (Wildman–Crippen LogP) is 7.15. The fraction of sp³-hybridized carbons (Fsp3) is 0.559. The quantitative estimate of drug-likeness (QED) is 0.352. The number of hydrogen-bond donors (Lipinski definition) is 1. The van der Waals surface area contributed by atoms with Crippen LogP contribution in [0.5, 0.6) is 0 Å². The van der Waals surface area contributed by atoms with Gasteiger partial charge >= 0.3 is 5.97 Å². The van der Waals surface area contributed by atoms with Gasteiger partial charge in [0.1, 0.15) is 24.1 Å². The number of esters is 1. The Morgan fingerprint density at radius 2 is 1.85 bits per heavy atom. The number of rotatable bonds is 6. The molecule has 2 aliphatic heterocycles. The zero-order chi connectivity index (χ0) is 30.0. The largest absolute Gasteiger partial charge is 0.490 e. The highest BCUT2D eigenvalue weighted by Crippen LogP contribution is 2.28. The maximum atomic E-state index is 13.4. The molecule has 6 heteroatoms. The van der Waals surface area contributed by atoms with Crippen molar-refractivity contribution in [3.05, 3.63) is 82.4 Å². The van der Waals surface area contributed by atoms with Crippen molar-refractivity contribution in [2.45, 2.75) is 92.6 Å². The Labute approximate surface area is 241 Å². The van der Waals surface area contributed by atoms with Crippen LogP contribution < -0.4 is 0 Å². The summed E-state index contributed by atoms with van der Waals surface area (Å²) in [4.78, 5) is 13.4. The number of aliphatic hydroxyl groups is 1. The Morgan fingerprint density at radius 1 is 1.15 bits per heavy atom. The first kappa shape index (κ1) is 33.4. The number of hydrogen-bond acceptors (Lipinski definition) is 6. The third-order valence-electron chi connectivity index (χ3n) is 7.66. The number of ether oxygens (including phenoxy) is 4. The van der Waals surface area contributed by atoms with Gasteiger partial charge in [0.25, 0.3) is 0 Å². The number of aliphatic hydroxyl groups excluding tert-OH is 1. The van der Waals surface area contributed by atoms with Gasteiger partial charge in [-0.3, -0.25) is 0 Å². The van der Waals surface area contributed by atoms with Gasteiger partial charge in [0.15, 0.2) is 0 Å². The van der Waals surface area contributed by atoms with Crippen molar-refractivity contribution in [1.29, 1.82) is 0 Å². The minimum Gasteiger partial charge on any atom is -0.490 e. The summed E-state index contributed by atoms with van der Waals surface area (Å²) in [6.45, 7) is 16.2. The molecular formula is C34H50O6. The van der Waals surface area contributed by atoms with E-state index in [1.54, 1.807) is 13.2 Å². The van der Waals surface area contributed by atoms with E-state index < -0.39 is 24.3 Å². The Morgan fingerprint density at radius 3 is 2.48 bits per heavy atom. The summed E-state index contributed by atoms with van der Waals surface area (Å²) >= 11 is 0. The zero-order valence-corrected chi connectivity index (χ0v) is 26.1. The number of methoxy groups -OCH3 is 2. The number of carbonyl (C=O) groups excluding carboxylic acids is 1. The van der Waals surface area contributed by atoms with Crippen LogP contribution in [-0.2, 0) is 23.7 Å². The summed E-state index contributed by atoms with van der Waals surface area (Å²) in [5, 5.41) is 10.9. The topological polar surface area (TPSA) is 74.2 Å². The Balaban J connectivity index is 2.51. The average Bonchev–Trinajstić information content (AvgIpc) is 2.91. The molecular weight excluding hydrogens is 504 g/mol. The fourth-order valence-corrected chi connectivity index (χ4v) is 5.29. The van der Waals surface area contributed by atoms with Crippen molar-refractivity contribution < 1.29 is 28.8 Å². The molecule has 0 aromatic carbocycles. The highest BCUT2D eigenvalue weighted by atomic mass is 16.6. The smallest absolute Gasteiger partial charge is 0.373 e. The van der Waals surface area contributed by atoms with E-state index >= 15 is 0 Å². The van der Waals surface area contributed by atoms with Crippen molar-refractivity contribution in [2.75, 3.05) is 14.2 Å². The molecule has 0 aromatic rings. The van der Waals surface area contributed by atoms with E-state index in [1.165, 1.54) is 12.7 Å². The maximum absolute atomic E-state index is 13.4. The molecule has 6 nitrogen and oxygen atoms in total. The van der Waals surface area contributed by atoms with Crippen LogP contribution in [0, 0.1) is 17.8 Å². The molecule has 2 aliphatic rings. The van der Waals surface area contributed by atoms with Gasteiger partial charge in [0.05, 0.1) is 13.2 Å². The van der Waals surface area contributed by atoms with Gasteiger partial charge in [-0.05, 0) is 69.8 Å². The minimum atomic E-state index is -0.628. The first-order chi connectivity index (χ1) is 18.9. The van der Waals surface area contributed by atoms with Crippen LogP contribution in [0.4, 0.5) is 0 Å². The van der Waals surface area contributed by atoms with Gasteiger partial charge < -0.3 is 24.1 Å². The van der Waals surface area contributed by atoms with Gasteiger partial charge in [-0.2, -0.15) is 0 Å². The molecule has 0 saturated heterocycles. The van der Waals surface area contributed by atoms with Crippen LogP contribution in [0.3, 0.4) is 0 Å². The number of cyclic esters (lactones) is 1. The zero-order valence-electron chi connectivity index (χ0n) is 26.1. The van der Waals surface area contributed by atoms with E-state index in [-0.39, 0.29) is 29.6 Å². The molecule has 2 heterocycles. The second-order valence-electron chi connectivity index (χ2n) is 11.3. The SMILES string of the molecule is CC[C@H]1OC(/C(C)=C\[C@H](C)[C@@H]2OC(=O)/C(OC)=C\C(C)=C/[C@@H](C)[C@@H](O)[C@@H](C)C/C(C)=C/C=C/[C@@H]2OC)=CC=C1C. The summed E-state index contributed by atoms with van der Waals surface area (Å²) < 4.78 is 23.6. The van der Waals surface area contributed by atoms with Crippen LogP contribution in [-0.4, -0.2) is 49.7 Å². The van der Waals surface area contributed by atoms with E-state index in [0.29, 0.717) is 0 Å². The lowest BCUT2D eigenvalue weighted by atomic mass is 9.87. The minimum absolute atomic E-state index is 0.0565. The summed E-state index contributed by atoms with van der Waals surface area (Å²) in [5.41, 5.74) is 4.13. The second kappa shape index (κ2) is 15.8. The first-order valence-corrected chi connectivity index (χ1v) is 14.4. The lowest BCUT2D eigenvalue weighted by Crippen LogP contribution is -2.37. The normalized spacial score (nSPS) is 34.8. The molecule has 0 spiro atoms. The molecule has 0 aliphatic carbocycles. The standard InChI is InChI=1S/C34H50O6/c1-11-28-23(4)15-16-29(39-28)24(5)20-27(8)33-30(37-9)14-12-13-21(2)17-25(6)32(35)26(7)18-22(3)19-31(38-10)34(36)40-33/h12-16,18-20,25-28,30,32-33,35H,11,17H2,1-10H3/b14-12+,21-13+,22-18-,24-20-,31-19+/t25-,26+,27-,28+,30-,32-,33-/m0/s1. The molecule has 0 bridgehead atoms. The van der Waals surface area contributed by atoms with E-state index in [0.717, 1.165) is 35.3 Å². The van der Waals surface area contributed by atoms with E-state index in [2.05, 4.69) is 39.8 Å². The monoisotopic (exact) mass is 554 g/mol. The summed E-state index contributed by atoms with van der Waals surface area (Å²) in [6, 6.07) is 0. The Bertz CT molecular complexity index is 1090. The highest BCUT2D eigenvalue weighted by Gasteiger charge is 2.31. The molecule has 222 valence electrons. The molecule has 2 rings (SSSR count). The summed E-state index contributed by atoms with van der Waals surface area (Å²) in [5.74, 6) is 0.0885. The maximum Gasteiger partial charge on any atom is 0.373 e. The molecule has 0 aromatic heterocycles. The molecule has 0 saturated carbocycles.